The molecule has 1 N–H and O–H groups in total. The molecule has 0 saturated carbocycles. The molecule has 5 nitrogen and oxygen atoms in total. The van der Waals surface area contributed by atoms with Gasteiger partial charge in [-0.2, -0.15) is 0 Å². The summed E-state index contributed by atoms with van der Waals surface area (Å²) in [5, 5.41) is 12.9. The molecule has 2 aromatic heterocycles. The minimum atomic E-state index is -0.845. The summed E-state index contributed by atoms with van der Waals surface area (Å²) in [7, 11) is 0. The lowest BCUT2D eigenvalue weighted by atomic mass is 9.98. The monoisotopic (exact) mass is 410 g/mol. The summed E-state index contributed by atoms with van der Waals surface area (Å²) in [6.45, 7) is 1.86. The third-order valence-corrected chi connectivity index (χ3v) is 5.88. The van der Waals surface area contributed by atoms with E-state index in [0.717, 1.165) is 5.56 Å². The highest BCUT2D eigenvalue weighted by molar-refractivity contribution is 7.12. The van der Waals surface area contributed by atoms with E-state index < -0.39 is 23.5 Å². The zero-order valence-electron chi connectivity index (χ0n) is 14.8. The molecular formula is C21H15ClN2O3S. The average molecular weight is 411 g/mol. The number of nitrogens with zero attached hydrogens (tertiary/aromatic N) is 2. The van der Waals surface area contributed by atoms with Crippen LogP contribution < -0.4 is 4.90 Å². The van der Waals surface area contributed by atoms with Crippen LogP contribution >= 0.6 is 22.9 Å². The summed E-state index contributed by atoms with van der Waals surface area (Å²) in [6, 6.07) is 13.0. The highest BCUT2D eigenvalue weighted by atomic mass is 35.5. The van der Waals surface area contributed by atoms with Crippen LogP contribution in [0.1, 0.15) is 27.0 Å². The van der Waals surface area contributed by atoms with Crippen LogP contribution in [-0.4, -0.2) is 21.8 Å². The molecule has 1 aromatic carbocycles. The number of Topliss-reactive ketones (excluding diaryl/α,β-unsaturated/α-hetero) is 1. The molecule has 1 amide bonds. The molecule has 1 aliphatic rings. The first-order valence-electron chi connectivity index (χ1n) is 8.51. The fourth-order valence-corrected chi connectivity index (χ4v) is 4.05. The smallest absolute Gasteiger partial charge is 0.294 e. The summed E-state index contributed by atoms with van der Waals surface area (Å²) >= 11 is 7.51. The maximum Gasteiger partial charge on any atom is 0.294 e. The van der Waals surface area contributed by atoms with Gasteiger partial charge in [-0.1, -0.05) is 29.8 Å². The molecule has 28 heavy (non-hydrogen) atoms. The van der Waals surface area contributed by atoms with Crippen LogP contribution in [-0.2, 0) is 4.79 Å². The van der Waals surface area contributed by atoms with Crippen molar-refractivity contribution in [3.63, 3.8) is 0 Å². The number of carbonyl (C=O) groups excluding carboxylic acids is 2. The van der Waals surface area contributed by atoms with Crippen molar-refractivity contribution in [3.05, 3.63) is 92.6 Å². The van der Waals surface area contributed by atoms with Gasteiger partial charge >= 0.3 is 0 Å². The second-order valence-corrected chi connectivity index (χ2v) is 7.69. The normalized spacial score (nSPS) is 16.7. The zero-order valence-corrected chi connectivity index (χ0v) is 16.4. The van der Waals surface area contributed by atoms with Crippen molar-refractivity contribution in [3.8, 4) is 0 Å². The first-order chi connectivity index (χ1) is 13.5. The van der Waals surface area contributed by atoms with Gasteiger partial charge in [-0.15, -0.1) is 11.3 Å². The van der Waals surface area contributed by atoms with E-state index in [4.69, 9.17) is 11.6 Å². The predicted octanol–water partition coefficient (Wildman–Crippen LogP) is 4.89. The largest absolute Gasteiger partial charge is 0.503 e. The predicted molar refractivity (Wildman–Crippen MR) is 109 cm³/mol. The lowest BCUT2D eigenvalue weighted by Gasteiger charge is -2.26. The van der Waals surface area contributed by atoms with E-state index in [9.17, 15) is 14.7 Å². The molecule has 0 saturated heterocycles. The Bertz CT molecular complexity index is 1090. The Kier molecular flexibility index (Phi) is 4.75. The lowest BCUT2D eigenvalue weighted by molar-refractivity contribution is -0.117. The average Bonchev–Trinajstić information content (AvgIpc) is 3.32. The van der Waals surface area contributed by atoms with E-state index >= 15 is 0 Å². The number of aliphatic hydroxyl groups is 1. The number of amides is 1. The number of carbonyl (C=O) groups is 2. The molecule has 0 fully saturated rings. The molecule has 7 heteroatoms. The van der Waals surface area contributed by atoms with Crippen molar-refractivity contribution in [2.75, 3.05) is 4.90 Å². The second-order valence-electron chi connectivity index (χ2n) is 6.33. The number of hydrogen-bond donors (Lipinski definition) is 1. The molecule has 3 aromatic rings. The van der Waals surface area contributed by atoms with Gasteiger partial charge in [-0.05, 0) is 48.2 Å². The number of hydrogen-bond acceptors (Lipinski definition) is 5. The van der Waals surface area contributed by atoms with Gasteiger partial charge in [0.25, 0.3) is 5.91 Å². The molecule has 1 atom stereocenters. The summed E-state index contributed by atoms with van der Waals surface area (Å²) < 4.78 is 0. The van der Waals surface area contributed by atoms with Crippen molar-refractivity contribution in [1.29, 1.82) is 0 Å². The molecule has 140 valence electrons. The second kappa shape index (κ2) is 7.22. The van der Waals surface area contributed by atoms with Crippen LogP contribution in [0, 0.1) is 6.92 Å². The van der Waals surface area contributed by atoms with Gasteiger partial charge in [0.1, 0.15) is 6.04 Å². The van der Waals surface area contributed by atoms with Crippen LogP contribution in [0.4, 0.5) is 5.69 Å². The SMILES string of the molecule is Cc1ccc(N2C(=O)C(O)=C(C(=O)c3cccs3)C2c2ccccn2)cc1Cl. The number of thiophene rings is 1. The number of aromatic nitrogens is 1. The molecule has 3 heterocycles. The zero-order chi connectivity index (χ0) is 19.8. The van der Waals surface area contributed by atoms with Gasteiger partial charge < -0.3 is 5.11 Å². The third kappa shape index (κ3) is 3.00. The Morgan fingerprint density at radius 3 is 2.68 bits per heavy atom. The Balaban J connectivity index is 1.89. The Labute approximate surface area is 170 Å². The van der Waals surface area contributed by atoms with E-state index in [1.165, 1.54) is 16.2 Å². The number of ketones is 1. The van der Waals surface area contributed by atoms with Crippen LogP contribution in [0.3, 0.4) is 0 Å². The van der Waals surface area contributed by atoms with Crippen LogP contribution in [0.25, 0.3) is 0 Å². The highest BCUT2D eigenvalue weighted by Gasteiger charge is 2.45. The molecule has 0 aliphatic carbocycles. The molecule has 1 unspecified atom stereocenters. The van der Waals surface area contributed by atoms with Gasteiger partial charge in [0.2, 0.25) is 5.78 Å². The molecule has 0 bridgehead atoms. The number of anilines is 1. The van der Waals surface area contributed by atoms with Gasteiger partial charge in [0.15, 0.2) is 5.76 Å². The minimum absolute atomic E-state index is 0.0165. The summed E-state index contributed by atoms with van der Waals surface area (Å²) in [5.41, 5.74) is 1.84. The van der Waals surface area contributed by atoms with E-state index in [2.05, 4.69) is 4.98 Å². The molecule has 0 spiro atoms. The maximum absolute atomic E-state index is 13.1. The van der Waals surface area contributed by atoms with Crippen LogP contribution in [0.2, 0.25) is 5.02 Å². The lowest BCUT2D eigenvalue weighted by Crippen LogP contribution is -2.31. The fraction of sp³-hybridized carbons (Fsp3) is 0.0952. The van der Waals surface area contributed by atoms with Gasteiger partial charge in [-0.3, -0.25) is 19.5 Å². The van der Waals surface area contributed by atoms with Crippen molar-refractivity contribution >= 4 is 40.3 Å². The Morgan fingerprint density at radius 2 is 2.04 bits per heavy atom. The molecule has 4 rings (SSSR count). The summed E-state index contributed by atoms with van der Waals surface area (Å²) in [4.78, 5) is 32.2. The van der Waals surface area contributed by atoms with Crippen molar-refractivity contribution in [2.24, 2.45) is 0 Å². The maximum atomic E-state index is 13.1. The van der Waals surface area contributed by atoms with Gasteiger partial charge in [-0.25, -0.2) is 0 Å². The van der Waals surface area contributed by atoms with E-state index in [1.807, 2.05) is 6.92 Å². The number of benzene rings is 1. The van der Waals surface area contributed by atoms with Crippen LogP contribution in [0.15, 0.2) is 71.4 Å². The summed E-state index contributed by atoms with van der Waals surface area (Å²) in [5.74, 6) is -1.61. The van der Waals surface area contributed by atoms with E-state index in [0.29, 0.717) is 21.3 Å². The number of aryl methyl sites for hydroxylation is 1. The molecule has 1 aliphatic heterocycles. The Hall–Kier alpha value is -2.96. The molecular weight excluding hydrogens is 396 g/mol. The van der Waals surface area contributed by atoms with Gasteiger partial charge in [0, 0.05) is 16.9 Å². The van der Waals surface area contributed by atoms with Gasteiger partial charge in [0.05, 0.1) is 16.1 Å². The van der Waals surface area contributed by atoms with Crippen molar-refractivity contribution in [1.82, 2.24) is 4.98 Å². The number of aliphatic hydroxyl groups excluding tert-OH is 1. The first-order valence-corrected chi connectivity index (χ1v) is 9.76. The highest BCUT2D eigenvalue weighted by Crippen LogP contribution is 2.42. The summed E-state index contributed by atoms with van der Waals surface area (Å²) in [6.07, 6.45) is 1.59. The number of pyridine rings is 1. The fourth-order valence-electron chi connectivity index (χ4n) is 3.19. The third-order valence-electron chi connectivity index (χ3n) is 4.60. The molecule has 0 radical (unpaired) electrons. The minimum Gasteiger partial charge on any atom is -0.503 e. The number of halogens is 1. The topological polar surface area (TPSA) is 70.5 Å². The first kappa shape index (κ1) is 18.4. The van der Waals surface area contributed by atoms with E-state index in [1.54, 1.807) is 60.1 Å². The van der Waals surface area contributed by atoms with Crippen molar-refractivity contribution in [2.45, 2.75) is 13.0 Å². The van der Waals surface area contributed by atoms with E-state index in [-0.39, 0.29) is 5.57 Å². The number of rotatable bonds is 4. The van der Waals surface area contributed by atoms with Crippen LogP contribution in [0.5, 0.6) is 0 Å². The standard InChI is InChI=1S/C21H15ClN2O3S/c1-12-7-8-13(11-14(12)22)24-18(15-5-2-3-9-23-15)17(20(26)21(24)27)19(25)16-6-4-10-28-16/h2-11,18,26H,1H3. The quantitative estimate of drug-likeness (QED) is 0.622. The Morgan fingerprint density at radius 1 is 1.21 bits per heavy atom. The van der Waals surface area contributed by atoms with Crippen molar-refractivity contribution < 1.29 is 14.7 Å².